The second-order valence-corrected chi connectivity index (χ2v) is 6.43. The van der Waals surface area contributed by atoms with Crippen LogP contribution in [0.3, 0.4) is 0 Å². The van der Waals surface area contributed by atoms with Crippen molar-refractivity contribution in [2.24, 2.45) is 17.3 Å². The Bertz CT molecular complexity index is 334. The first-order valence-electron chi connectivity index (χ1n) is 7.28. The van der Waals surface area contributed by atoms with E-state index < -0.39 is 5.92 Å². The van der Waals surface area contributed by atoms with Crippen molar-refractivity contribution in [3.05, 3.63) is 0 Å². The SMILES string of the molecule is CCC1CCCC(C#N)(CC2CCC(F)(F)C2)C1. The molecule has 102 valence electrons. The highest BCUT2D eigenvalue weighted by Gasteiger charge is 2.44. The van der Waals surface area contributed by atoms with Crippen molar-refractivity contribution in [1.82, 2.24) is 0 Å². The highest BCUT2D eigenvalue weighted by molar-refractivity contribution is 5.04. The Morgan fingerprint density at radius 2 is 1.94 bits per heavy atom. The molecule has 3 heteroatoms. The number of alkyl halides is 2. The van der Waals surface area contributed by atoms with Gasteiger partial charge in [-0.05, 0) is 37.5 Å². The van der Waals surface area contributed by atoms with E-state index in [9.17, 15) is 14.0 Å². The lowest BCUT2D eigenvalue weighted by atomic mass is 9.66. The van der Waals surface area contributed by atoms with Gasteiger partial charge in [0.05, 0.1) is 11.5 Å². The van der Waals surface area contributed by atoms with Gasteiger partial charge < -0.3 is 0 Å². The summed E-state index contributed by atoms with van der Waals surface area (Å²) in [5.74, 6) is -1.78. The van der Waals surface area contributed by atoms with Gasteiger partial charge in [-0.15, -0.1) is 0 Å². The van der Waals surface area contributed by atoms with Crippen LogP contribution in [0.2, 0.25) is 0 Å². The van der Waals surface area contributed by atoms with E-state index in [-0.39, 0.29) is 24.2 Å². The Morgan fingerprint density at radius 3 is 2.50 bits per heavy atom. The minimum absolute atomic E-state index is 0.00716. The van der Waals surface area contributed by atoms with E-state index in [1.54, 1.807) is 0 Å². The topological polar surface area (TPSA) is 23.8 Å². The third-order valence-electron chi connectivity index (χ3n) is 4.95. The number of hydrogen-bond donors (Lipinski definition) is 0. The third-order valence-corrected chi connectivity index (χ3v) is 4.95. The average Bonchev–Trinajstić information content (AvgIpc) is 2.68. The normalized spacial score (nSPS) is 39.4. The van der Waals surface area contributed by atoms with Crippen molar-refractivity contribution < 1.29 is 8.78 Å². The maximum absolute atomic E-state index is 13.2. The molecule has 0 saturated heterocycles. The Hall–Kier alpha value is -0.650. The molecule has 18 heavy (non-hydrogen) atoms. The van der Waals surface area contributed by atoms with Gasteiger partial charge in [0.25, 0.3) is 0 Å². The summed E-state index contributed by atoms with van der Waals surface area (Å²) in [7, 11) is 0. The number of nitrogens with zero attached hydrogens (tertiary/aromatic N) is 1. The van der Waals surface area contributed by atoms with Gasteiger partial charge in [0.2, 0.25) is 5.92 Å². The minimum Gasteiger partial charge on any atom is -0.207 e. The van der Waals surface area contributed by atoms with E-state index in [1.807, 2.05) is 0 Å². The van der Waals surface area contributed by atoms with Crippen molar-refractivity contribution in [3.8, 4) is 6.07 Å². The fourth-order valence-corrected chi connectivity index (χ4v) is 3.94. The molecule has 1 nitrogen and oxygen atoms in total. The van der Waals surface area contributed by atoms with E-state index in [4.69, 9.17) is 0 Å². The predicted molar refractivity (Wildman–Crippen MR) is 67.2 cm³/mol. The zero-order valence-electron chi connectivity index (χ0n) is 11.2. The molecule has 2 aliphatic rings. The Balaban J connectivity index is 1.99. The molecule has 0 aliphatic heterocycles. The fraction of sp³-hybridized carbons (Fsp3) is 0.933. The Kier molecular flexibility index (Phi) is 3.94. The van der Waals surface area contributed by atoms with Crippen molar-refractivity contribution in [2.75, 3.05) is 0 Å². The Labute approximate surface area is 109 Å². The number of nitriles is 1. The first kappa shape index (κ1) is 13.8. The molecule has 0 amide bonds. The van der Waals surface area contributed by atoms with Gasteiger partial charge in [-0.3, -0.25) is 0 Å². The van der Waals surface area contributed by atoms with Gasteiger partial charge >= 0.3 is 0 Å². The number of hydrogen-bond acceptors (Lipinski definition) is 1. The lowest BCUT2D eigenvalue weighted by Crippen LogP contribution is -2.29. The van der Waals surface area contributed by atoms with Crippen LogP contribution in [0.15, 0.2) is 0 Å². The molecule has 0 aromatic rings. The maximum atomic E-state index is 13.2. The molecule has 0 bridgehead atoms. The van der Waals surface area contributed by atoms with Crippen LogP contribution in [0, 0.1) is 28.6 Å². The van der Waals surface area contributed by atoms with E-state index in [1.165, 1.54) is 6.42 Å². The fourth-order valence-electron chi connectivity index (χ4n) is 3.94. The summed E-state index contributed by atoms with van der Waals surface area (Å²) in [6.07, 6.45) is 6.61. The molecule has 3 unspecified atom stereocenters. The molecule has 2 saturated carbocycles. The van der Waals surface area contributed by atoms with Crippen LogP contribution in [-0.2, 0) is 0 Å². The van der Waals surface area contributed by atoms with Crippen molar-refractivity contribution in [2.45, 2.75) is 70.6 Å². The molecule has 0 N–H and O–H groups in total. The molecular weight excluding hydrogens is 232 g/mol. The second-order valence-electron chi connectivity index (χ2n) is 6.43. The Morgan fingerprint density at radius 1 is 1.17 bits per heavy atom. The molecule has 2 rings (SSSR count). The maximum Gasteiger partial charge on any atom is 0.248 e. The van der Waals surface area contributed by atoms with Gasteiger partial charge in [0.1, 0.15) is 0 Å². The van der Waals surface area contributed by atoms with Crippen molar-refractivity contribution >= 4 is 0 Å². The summed E-state index contributed by atoms with van der Waals surface area (Å²) in [5.41, 5.74) is -0.302. The smallest absolute Gasteiger partial charge is 0.207 e. The van der Waals surface area contributed by atoms with Gasteiger partial charge in [-0.1, -0.05) is 26.2 Å². The zero-order valence-corrected chi connectivity index (χ0v) is 11.2. The first-order valence-corrected chi connectivity index (χ1v) is 7.28. The van der Waals surface area contributed by atoms with Crippen LogP contribution in [0.25, 0.3) is 0 Å². The molecule has 0 aromatic heterocycles. The monoisotopic (exact) mass is 255 g/mol. The zero-order chi connectivity index (χ0) is 13.2. The summed E-state index contributed by atoms with van der Waals surface area (Å²) in [4.78, 5) is 0. The highest BCUT2D eigenvalue weighted by atomic mass is 19.3. The van der Waals surface area contributed by atoms with Crippen LogP contribution >= 0.6 is 0 Å². The van der Waals surface area contributed by atoms with Gasteiger partial charge in [-0.25, -0.2) is 8.78 Å². The van der Waals surface area contributed by atoms with E-state index in [0.717, 1.165) is 25.7 Å². The summed E-state index contributed by atoms with van der Waals surface area (Å²) in [6.45, 7) is 2.17. The van der Waals surface area contributed by atoms with Crippen LogP contribution in [-0.4, -0.2) is 5.92 Å². The standard InChI is InChI=1S/C15H23F2N/c1-2-12-4-3-6-14(8-12,11-18)9-13-5-7-15(16,17)10-13/h12-13H,2-10H2,1H3. The lowest BCUT2D eigenvalue weighted by Gasteiger charge is -2.37. The van der Waals surface area contributed by atoms with Gasteiger partial charge in [0, 0.05) is 12.8 Å². The van der Waals surface area contributed by atoms with Crippen molar-refractivity contribution in [3.63, 3.8) is 0 Å². The summed E-state index contributed by atoms with van der Waals surface area (Å²) in [5, 5.41) is 9.51. The molecular formula is C15H23F2N. The highest BCUT2D eigenvalue weighted by Crippen LogP contribution is 2.49. The van der Waals surface area contributed by atoms with Gasteiger partial charge in [0.15, 0.2) is 0 Å². The molecule has 3 atom stereocenters. The molecule has 0 aromatic carbocycles. The van der Waals surface area contributed by atoms with E-state index >= 15 is 0 Å². The largest absolute Gasteiger partial charge is 0.248 e. The second kappa shape index (κ2) is 5.15. The first-order chi connectivity index (χ1) is 8.49. The quantitative estimate of drug-likeness (QED) is 0.702. The molecule has 2 fully saturated rings. The summed E-state index contributed by atoms with van der Waals surface area (Å²) >= 11 is 0. The van der Waals surface area contributed by atoms with Crippen LogP contribution in [0.5, 0.6) is 0 Å². The summed E-state index contributed by atoms with van der Waals surface area (Å²) in [6, 6.07) is 2.49. The average molecular weight is 255 g/mol. The lowest BCUT2D eigenvalue weighted by molar-refractivity contribution is 0.00248. The molecule has 0 heterocycles. The van der Waals surface area contributed by atoms with E-state index in [0.29, 0.717) is 18.8 Å². The predicted octanol–water partition coefficient (Wildman–Crippen LogP) is 4.92. The van der Waals surface area contributed by atoms with Crippen LogP contribution in [0.4, 0.5) is 8.78 Å². The number of halogens is 2. The van der Waals surface area contributed by atoms with Gasteiger partial charge in [-0.2, -0.15) is 5.26 Å². The molecule has 2 aliphatic carbocycles. The minimum atomic E-state index is -2.47. The van der Waals surface area contributed by atoms with Crippen molar-refractivity contribution in [1.29, 1.82) is 5.26 Å². The third kappa shape index (κ3) is 3.02. The number of rotatable bonds is 3. The van der Waals surface area contributed by atoms with Crippen LogP contribution < -0.4 is 0 Å². The summed E-state index contributed by atoms with van der Waals surface area (Å²) < 4.78 is 26.5. The molecule has 0 radical (unpaired) electrons. The van der Waals surface area contributed by atoms with E-state index in [2.05, 4.69) is 13.0 Å². The van der Waals surface area contributed by atoms with Crippen LogP contribution in [0.1, 0.15) is 64.7 Å². The molecule has 0 spiro atoms.